The third kappa shape index (κ3) is 5.20. The second-order valence-electron chi connectivity index (χ2n) is 7.32. The number of amides is 2. The second kappa shape index (κ2) is 8.87. The molecule has 1 heterocycles. The first-order chi connectivity index (χ1) is 12.2. The van der Waals surface area contributed by atoms with Crippen molar-refractivity contribution >= 4 is 11.7 Å². The molecule has 1 atom stereocenters. The lowest BCUT2D eigenvalue weighted by Crippen LogP contribution is -2.43. The maximum Gasteiger partial charge on any atom is 0.319 e. The van der Waals surface area contributed by atoms with Crippen LogP contribution in [0.2, 0.25) is 0 Å². The van der Waals surface area contributed by atoms with Gasteiger partial charge in [-0.1, -0.05) is 19.3 Å². The van der Waals surface area contributed by atoms with Crippen LogP contribution in [0.3, 0.4) is 0 Å². The van der Waals surface area contributed by atoms with E-state index >= 15 is 0 Å². The Bertz CT molecular complexity index is 601. The van der Waals surface area contributed by atoms with Gasteiger partial charge in [-0.25, -0.2) is 4.79 Å². The van der Waals surface area contributed by atoms with Crippen molar-refractivity contribution in [3.05, 3.63) is 29.8 Å². The highest BCUT2D eigenvalue weighted by Crippen LogP contribution is 2.27. The predicted octanol–water partition coefficient (Wildman–Crippen LogP) is 3.72. The fourth-order valence-electron chi connectivity index (χ4n) is 4.08. The van der Waals surface area contributed by atoms with Crippen molar-refractivity contribution in [3.8, 4) is 6.07 Å². The quantitative estimate of drug-likeness (QED) is 0.858. The van der Waals surface area contributed by atoms with E-state index in [1.165, 1.54) is 58.0 Å². The molecule has 1 aliphatic carbocycles. The van der Waals surface area contributed by atoms with E-state index in [2.05, 4.69) is 21.6 Å². The van der Waals surface area contributed by atoms with Crippen LogP contribution in [0.25, 0.3) is 0 Å². The minimum atomic E-state index is -0.172. The Morgan fingerprint density at radius 3 is 2.60 bits per heavy atom. The molecule has 0 aromatic heterocycles. The van der Waals surface area contributed by atoms with Gasteiger partial charge < -0.3 is 10.6 Å². The third-order valence-electron chi connectivity index (χ3n) is 5.49. The van der Waals surface area contributed by atoms with Gasteiger partial charge in [-0.05, 0) is 62.4 Å². The Kier molecular flexibility index (Phi) is 6.30. The van der Waals surface area contributed by atoms with Crippen LogP contribution < -0.4 is 10.6 Å². The lowest BCUT2D eigenvalue weighted by molar-refractivity contribution is 0.185. The number of carbonyl (C=O) groups excluding carboxylic acids is 1. The van der Waals surface area contributed by atoms with Crippen molar-refractivity contribution in [1.82, 2.24) is 10.2 Å². The topological polar surface area (TPSA) is 68.2 Å². The molecule has 1 aromatic rings. The highest BCUT2D eigenvalue weighted by atomic mass is 16.2. The Labute approximate surface area is 150 Å². The highest BCUT2D eigenvalue weighted by molar-refractivity contribution is 5.89. The van der Waals surface area contributed by atoms with Crippen molar-refractivity contribution in [3.63, 3.8) is 0 Å². The molecule has 0 radical (unpaired) electrons. The minimum absolute atomic E-state index is 0.172. The normalized spacial score (nSPS) is 21.6. The standard InChI is InChI=1S/C20H28N4O/c21-13-16-8-10-18(11-9-16)23-20(25)22-14-19-7-4-12-24(19)15-17-5-2-1-3-6-17/h8-11,17,19H,1-7,12,14-15H2,(H2,22,23,25)/t19-/m0/s1. The summed E-state index contributed by atoms with van der Waals surface area (Å²) in [5.41, 5.74) is 1.30. The van der Waals surface area contributed by atoms with Gasteiger partial charge in [-0.15, -0.1) is 0 Å². The second-order valence-corrected chi connectivity index (χ2v) is 7.32. The average molecular weight is 340 g/mol. The van der Waals surface area contributed by atoms with E-state index in [-0.39, 0.29) is 6.03 Å². The molecule has 5 heteroatoms. The number of hydrogen-bond acceptors (Lipinski definition) is 3. The van der Waals surface area contributed by atoms with Crippen LogP contribution >= 0.6 is 0 Å². The van der Waals surface area contributed by atoms with Gasteiger partial charge in [0.25, 0.3) is 0 Å². The third-order valence-corrected chi connectivity index (χ3v) is 5.49. The van der Waals surface area contributed by atoms with Gasteiger partial charge in [0.1, 0.15) is 0 Å². The Balaban J connectivity index is 1.43. The number of hydrogen-bond donors (Lipinski definition) is 2. The average Bonchev–Trinajstić information content (AvgIpc) is 3.08. The number of rotatable bonds is 5. The van der Waals surface area contributed by atoms with Gasteiger partial charge in [0.05, 0.1) is 11.6 Å². The lowest BCUT2D eigenvalue weighted by Gasteiger charge is -2.31. The summed E-state index contributed by atoms with van der Waals surface area (Å²) in [6, 6.07) is 9.29. The van der Waals surface area contributed by atoms with Gasteiger partial charge >= 0.3 is 6.03 Å². The van der Waals surface area contributed by atoms with Gasteiger partial charge in [-0.2, -0.15) is 5.26 Å². The van der Waals surface area contributed by atoms with Crippen molar-refractivity contribution in [1.29, 1.82) is 5.26 Å². The molecule has 1 aromatic carbocycles. The van der Waals surface area contributed by atoms with Crippen molar-refractivity contribution in [2.75, 3.05) is 25.0 Å². The van der Waals surface area contributed by atoms with E-state index in [9.17, 15) is 4.79 Å². The molecule has 134 valence electrons. The molecule has 0 unspecified atom stereocenters. The summed E-state index contributed by atoms with van der Waals surface area (Å²) < 4.78 is 0. The largest absolute Gasteiger partial charge is 0.336 e. The molecule has 2 amide bonds. The number of nitrogens with one attached hydrogen (secondary N) is 2. The maximum atomic E-state index is 12.1. The molecule has 2 aliphatic rings. The summed E-state index contributed by atoms with van der Waals surface area (Å²) in [4.78, 5) is 14.7. The molecule has 0 bridgehead atoms. The number of nitriles is 1. The summed E-state index contributed by atoms with van der Waals surface area (Å²) in [5.74, 6) is 0.849. The van der Waals surface area contributed by atoms with Crippen LogP contribution in [0.1, 0.15) is 50.5 Å². The van der Waals surface area contributed by atoms with Crippen molar-refractivity contribution in [2.24, 2.45) is 5.92 Å². The van der Waals surface area contributed by atoms with E-state index in [1.54, 1.807) is 24.3 Å². The highest BCUT2D eigenvalue weighted by Gasteiger charge is 2.27. The number of benzene rings is 1. The monoisotopic (exact) mass is 340 g/mol. The van der Waals surface area contributed by atoms with Crippen LogP contribution in [0.4, 0.5) is 10.5 Å². The summed E-state index contributed by atoms with van der Waals surface area (Å²) >= 11 is 0. The Morgan fingerprint density at radius 1 is 1.12 bits per heavy atom. The number of urea groups is 1. The van der Waals surface area contributed by atoms with Crippen molar-refractivity contribution in [2.45, 2.75) is 51.0 Å². The molecule has 2 N–H and O–H groups in total. The van der Waals surface area contributed by atoms with Crippen LogP contribution in [0.5, 0.6) is 0 Å². The van der Waals surface area contributed by atoms with E-state index < -0.39 is 0 Å². The smallest absolute Gasteiger partial charge is 0.319 e. The minimum Gasteiger partial charge on any atom is -0.336 e. The first-order valence-electron chi connectivity index (χ1n) is 9.53. The lowest BCUT2D eigenvalue weighted by atomic mass is 9.89. The SMILES string of the molecule is N#Cc1ccc(NC(=O)NC[C@@H]2CCCN2CC2CCCCC2)cc1. The molecule has 1 aliphatic heterocycles. The van der Waals surface area contributed by atoms with Crippen LogP contribution in [0, 0.1) is 17.2 Å². The molecule has 3 rings (SSSR count). The summed E-state index contributed by atoms with van der Waals surface area (Å²) in [7, 11) is 0. The molecular formula is C20H28N4O. The number of likely N-dealkylation sites (tertiary alicyclic amines) is 1. The first kappa shape index (κ1) is 17.8. The molecule has 5 nitrogen and oxygen atoms in total. The van der Waals surface area contributed by atoms with Crippen LogP contribution in [-0.2, 0) is 0 Å². The van der Waals surface area contributed by atoms with Crippen molar-refractivity contribution < 1.29 is 4.79 Å². The molecule has 2 fully saturated rings. The van der Waals surface area contributed by atoms with Gasteiger partial charge in [0.2, 0.25) is 0 Å². The molecular weight excluding hydrogens is 312 g/mol. The van der Waals surface area contributed by atoms with E-state index in [0.717, 1.165) is 5.92 Å². The van der Waals surface area contributed by atoms with Gasteiger partial charge in [-0.3, -0.25) is 4.90 Å². The summed E-state index contributed by atoms with van der Waals surface area (Å²) in [5, 5.41) is 14.7. The number of carbonyl (C=O) groups is 1. The molecule has 25 heavy (non-hydrogen) atoms. The molecule has 1 saturated heterocycles. The fraction of sp³-hybridized carbons (Fsp3) is 0.600. The summed E-state index contributed by atoms with van der Waals surface area (Å²) in [6.45, 7) is 3.07. The van der Waals surface area contributed by atoms with Crippen LogP contribution in [0.15, 0.2) is 24.3 Å². The molecule has 0 spiro atoms. The van der Waals surface area contributed by atoms with E-state index in [1.807, 2.05) is 0 Å². The van der Waals surface area contributed by atoms with Gasteiger partial charge in [0, 0.05) is 24.8 Å². The number of nitrogens with zero attached hydrogens (tertiary/aromatic N) is 2. The van der Waals surface area contributed by atoms with Crippen LogP contribution in [-0.4, -0.2) is 36.6 Å². The first-order valence-corrected chi connectivity index (χ1v) is 9.53. The number of anilines is 1. The molecule has 1 saturated carbocycles. The Hall–Kier alpha value is -2.06. The maximum absolute atomic E-state index is 12.1. The Morgan fingerprint density at radius 2 is 1.88 bits per heavy atom. The zero-order valence-electron chi connectivity index (χ0n) is 14.8. The zero-order valence-corrected chi connectivity index (χ0v) is 14.8. The van der Waals surface area contributed by atoms with Gasteiger partial charge in [0.15, 0.2) is 0 Å². The van der Waals surface area contributed by atoms with E-state index in [4.69, 9.17) is 5.26 Å². The summed E-state index contributed by atoms with van der Waals surface area (Å²) in [6.07, 6.45) is 9.31. The fourth-order valence-corrected chi connectivity index (χ4v) is 4.08. The van der Waals surface area contributed by atoms with E-state index in [0.29, 0.717) is 23.8 Å². The predicted molar refractivity (Wildman–Crippen MR) is 99.3 cm³/mol. The zero-order chi connectivity index (χ0) is 17.5.